The average Bonchev–Trinajstić information content (AvgIpc) is 2.73. The molecule has 1 unspecified atom stereocenters. The van der Waals surface area contributed by atoms with Crippen molar-refractivity contribution in [1.29, 1.82) is 0 Å². The second kappa shape index (κ2) is 7.96. The molecule has 0 radical (unpaired) electrons. The highest BCUT2D eigenvalue weighted by Crippen LogP contribution is 2.23. The van der Waals surface area contributed by atoms with Crippen molar-refractivity contribution in [2.45, 2.75) is 59.9 Å². The average molecular weight is 267 g/mol. The predicted octanol–water partition coefficient (Wildman–Crippen LogP) is 4.51. The third-order valence-corrected chi connectivity index (χ3v) is 4.43. The van der Waals surface area contributed by atoms with Gasteiger partial charge in [-0.05, 0) is 49.8 Å². The van der Waals surface area contributed by atoms with Crippen molar-refractivity contribution in [1.82, 2.24) is 5.32 Å². The smallest absolute Gasteiger partial charge is 0.00514 e. The van der Waals surface area contributed by atoms with Gasteiger partial charge in [0.2, 0.25) is 0 Å². The fraction of sp³-hybridized carbons (Fsp3) is 0.750. The maximum Gasteiger partial charge on any atom is 0.00514 e. The minimum absolute atomic E-state index is 0.592. The zero-order valence-corrected chi connectivity index (χ0v) is 13.4. The Bertz CT molecular complexity index is 328. The van der Waals surface area contributed by atoms with E-state index in [1.54, 1.807) is 4.88 Å². The first kappa shape index (κ1) is 15.7. The van der Waals surface area contributed by atoms with Crippen LogP contribution in [0.3, 0.4) is 0 Å². The Labute approximate surface area is 117 Å². The molecule has 0 saturated carbocycles. The maximum absolute atomic E-state index is 3.60. The van der Waals surface area contributed by atoms with Crippen LogP contribution in [0.25, 0.3) is 0 Å². The zero-order chi connectivity index (χ0) is 13.5. The fourth-order valence-corrected chi connectivity index (χ4v) is 3.39. The molecule has 1 N–H and O–H groups in total. The third-order valence-electron chi connectivity index (χ3n) is 3.18. The van der Waals surface area contributed by atoms with Gasteiger partial charge in [-0.15, -0.1) is 11.3 Å². The molecule has 1 aromatic rings. The molecule has 0 saturated heterocycles. The van der Waals surface area contributed by atoms with E-state index in [-0.39, 0.29) is 0 Å². The van der Waals surface area contributed by atoms with Crippen LogP contribution in [0.1, 0.15) is 50.8 Å². The fourth-order valence-electron chi connectivity index (χ4n) is 2.31. The molecule has 0 aliphatic heterocycles. The molecular weight excluding hydrogens is 238 g/mol. The van der Waals surface area contributed by atoms with Crippen LogP contribution in [0, 0.1) is 11.8 Å². The number of hydrogen-bond acceptors (Lipinski definition) is 2. The van der Waals surface area contributed by atoms with Crippen molar-refractivity contribution in [2.24, 2.45) is 11.8 Å². The van der Waals surface area contributed by atoms with Crippen molar-refractivity contribution >= 4 is 11.3 Å². The number of nitrogens with one attached hydrogen (secondary N) is 1. The Morgan fingerprint density at radius 2 is 1.78 bits per heavy atom. The molecule has 0 aliphatic rings. The standard InChI is InChI=1S/C16H29NS/c1-6-15-7-8-16(18-15)10-14(9-12(2)3)11-17-13(4)5/h7-8,12-14,17H,6,9-11H2,1-5H3. The molecular formula is C16H29NS. The summed E-state index contributed by atoms with van der Waals surface area (Å²) in [4.78, 5) is 3.08. The van der Waals surface area contributed by atoms with E-state index < -0.39 is 0 Å². The topological polar surface area (TPSA) is 12.0 Å². The molecule has 0 bridgehead atoms. The molecule has 0 amide bonds. The Morgan fingerprint density at radius 3 is 2.28 bits per heavy atom. The Balaban J connectivity index is 2.53. The summed E-state index contributed by atoms with van der Waals surface area (Å²) in [5.74, 6) is 1.56. The molecule has 0 fully saturated rings. The summed E-state index contributed by atoms with van der Waals surface area (Å²) in [7, 11) is 0. The lowest BCUT2D eigenvalue weighted by atomic mass is 9.93. The minimum Gasteiger partial charge on any atom is -0.314 e. The quantitative estimate of drug-likeness (QED) is 0.730. The van der Waals surface area contributed by atoms with Crippen molar-refractivity contribution < 1.29 is 0 Å². The lowest BCUT2D eigenvalue weighted by Gasteiger charge is -2.20. The van der Waals surface area contributed by atoms with Gasteiger partial charge < -0.3 is 5.32 Å². The third kappa shape index (κ3) is 6.01. The normalized spacial score (nSPS) is 13.5. The first-order valence-electron chi connectivity index (χ1n) is 7.32. The SMILES string of the molecule is CCc1ccc(CC(CNC(C)C)CC(C)C)s1. The summed E-state index contributed by atoms with van der Waals surface area (Å²) in [6.45, 7) is 12.5. The van der Waals surface area contributed by atoms with Crippen molar-refractivity contribution in [3.8, 4) is 0 Å². The Kier molecular flexibility index (Phi) is 6.95. The van der Waals surface area contributed by atoms with Crippen molar-refractivity contribution in [3.05, 3.63) is 21.9 Å². The monoisotopic (exact) mass is 267 g/mol. The van der Waals surface area contributed by atoms with Crippen molar-refractivity contribution in [2.75, 3.05) is 6.54 Å². The van der Waals surface area contributed by atoms with E-state index >= 15 is 0 Å². The van der Waals surface area contributed by atoms with Crippen LogP contribution in [0.4, 0.5) is 0 Å². The molecule has 1 heterocycles. The van der Waals surface area contributed by atoms with Gasteiger partial charge in [-0.3, -0.25) is 0 Å². The molecule has 1 aromatic heterocycles. The first-order chi connectivity index (χ1) is 8.51. The van der Waals surface area contributed by atoms with E-state index in [9.17, 15) is 0 Å². The maximum atomic E-state index is 3.60. The van der Waals surface area contributed by atoms with Gasteiger partial charge in [0.05, 0.1) is 0 Å². The molecule has 104 valence electrons. The van der Waals surface area contributed by atoms with Gasteiger partial charge in [-0.1, -0.05) is 34.6 Å². The van der Waals surface area contributed by atoms with Gasteiger partial charge in [0, 0.05) is 15.8 Å². The predicted molar refractivity (Wildman–Crippen MR) is 83.5 cm³/mol. The highest BCUT2D eigenvalue weighted by atomic mass is 32.1. The molecule has 1 rings (SSSR count). The summed E-state index contributed by atoms with van der Waals surface area (Å²) in [6, 6.07) is 5.21. The Hall–Kier alpha value is -0.340. The lowest BCUT2D eigenvalue weighted by molar-refractivity contribution is 0.374. The number of hydrogen-bond donors (Lipinski definition) is 1. The molecule has 1 atom stereocenters. The summed E-state index contributed by atoms with van der Waals surface area (Å²) < 4.78 is 0. The summed E-state index contributed by atoms with van der Waals surface area (Å²) >= 11 is 1.99. The molecule has 0 aliphatic carbocycles. The minimum atomic E-state index is 0.592. The van der Waals surface area contributed by atoms with Gasteiger partial charge in [-0.25, -0.2) is 0 Å². The molecule has 2 heteroatoms. The van der Waals surface area contributed by atoms with E-state index in [0.717, 1.165) is 18.4 Å². The summed E-state index contributed by atoms with van der Waals surface area (Å²) in [6.07, 6.45) is 3.73. The van der Waals surface area contributed by atoms with Crippen LogP contribution >= 0.6 is 11.3 Å². The van der Waals surface area contributed by atoms with Crippen LogP contribution < -0.4 is 5.32 Å². The van der Waals surface area contributed by atoms with Gasteiger partial charge in [0.25, 0.3) is 0 Å². The second-order valence-electron chi connectivity index (χ2n) is 5.98. The number of thiophene rings is 1. The van der Waals surface area contributed by atoms with Crippen LogP contribution in [0.15, 0.2) is 12.1 Å². The van der Waals surface area contributed by atoms with Crippen LogP contribution in [-0.4, -0.2) is 12.6 Å². The molecule has 18 heavy (non-hydrogen) atoms. The van der Waals surface area contributed by atoms with E-state index in [4.69, 9.17) is 0 Å². The van der Waals surface area contributed by atoms with Gasteiger partial charge >= 0.3 is 0 Å². The van der Waals surface area contributed by atoms with E-state index in [0.29, 0.717) is 6.04 Å². The van der Waals surface area contributed by atoms with Crippen LogP contribution in [0.2, 0.25) is 0 Å². The zero-order valence-electron chi connectivity index (χ0n) is 12.6. The highest BCUT2D eigenvalue weighted by Gasteiger charge is 2.13. The largest absolute Gasteiger partial charge is 0.314 e. The molecule has 0 spiro atoms. The van der Waals surface area contributed by atoms with Crippen LogP contribution in [0.5, 0.6) is 0 Å². The highest BCUT2D eigenvalue weighted by molar-refractivity contribution is 7.11. The van der Waals surface area contributed by atoms with Crippen LogP contribution in [-0.2, 0) is 12.8 Å². The first-order valence-corrected chi connectivity index (χ1v) is 8.13. The van der Waals surface area contributed by atoms with E-state index in [2.05, 4.69) is 52.1 Å². The van der Waals surface area contributed by atoms with Crippen molar-refractivity contribution in [3.63, 3.8) is 0 Å². The Morgan fingerprint density at radius 1 is 1.11 bits per heavy atom. The lowest BCUT2D eigenvalue weighted by Crippen LogP contribution is -2.30. The van der Waals surface area contributed by atoms with Gasteiger partial charge in [0.1, 0.15) is 0 Å². The number of rotatable bonds is 8. The van der Waals surface area contributed by atoms with Gasteiger partial charge in [-0.2, -0.15) is 0 Å². The summed E-state index contributed by atoms with van der Waals surface area (Å²) in [5.41, 5.74) is 0. The second-order valence-corrected chi connectivity index (χ2v) is 7.24. The number of aryl methyl sites for hydroxylation is 1. The van der Waals surface area contributed by atoms with E-state index in [1.165, 1.54) is 24.1 Å². The van der Waals surface area contributed by atoms with Gasteiger partial charge in [0.15, 0.2) is 0 Å². The molecule has 0 aromatic carbocycles. The summed E-state index contributed by atoms with van der Waals surface area (Å²) in [5, 5.41) is 3.60. The van der Waals surface area contributed by atoms with E-state index in [1.807, 2.05) is 11.3 Å². The molecule has 1 nitrogen and oxygen atoms in total.